The Bertz CT molecular complexity index is 1170. The van der Waals surface area contributed by atoms with Crippen LogP contribution in [-0.2, 0) is 0 Å². The third-order valence-electron chi connectivity index (χ3n) is 6.49. The summed E-state index contributed by atoms with van der Waals surface area (Å²) >= 11 is 5.86. The third-order valence-corrected chi connectivity index (χ3v) is 6.73. The van der Waals surface area contributed by atoms with E-state index in [2.05, 4.69) is 20.4 Å². The molecule has 36 heavy (non-hydrogen) atoms. The van der Waals surface area contributed by atoms with Crippen LogP contribution in [0.1, 0.15) is 48.9 Å². The van der Waals surface area contributed by atoms with Crippen molar-refractivity contribution >= 4 is 46.7 Å². The smallest absolute Gasteiger partial charge is 0.259 e. The van der Waals surface area contributed by atoms with E-state index in [1.54, 1.807) is 18.2 Å². The monoisotopic (exact) mass is 507 g/mol. The standard InChI is InChI=1S/C26H30ClN7O2/c27-18-7-12-21(22(35)17-18)23(36)28-19-8-10-20(11-9-19)29-24-30-25(33-13-3-1-4-14-33)32-26(31-24)34-15-5-2-6-16-34/h7-12,17,35H,1-6,13-16H2,(H,28,36)(H,29,30,31,32). The first-order chi connectivity index (χ1) is 17.5. The number of phenols is 1. The predicted molar refractivity (Wildman–Crippen MR) is 143 cm³/mol. The van der Waals surface area contributed by atoms with Crippen LogP contribution < -0.4 is 20.4 Å². The van der Waals surface area contributed by atoms with Crippen LogP contribution in [0.2, 0.25) is 5.02 Å². The molecule has 9 nitrogen and oxygen atoms in total. The molecule has 2 aliphatic heterocycles. The van der Waals surface area contributed by atoms with Crippen LogP contribution in [0.15, 0.2) is 42.5 Å². The zero-order valence-corrected chi connectivity index (χ0v) is 20.8. The van der Waals surface area contributed by atoms with E-state index < -0.39 is 5.91 Å². The summed E-state index contributed by atoms with van der Waals surface area (Å²) < 4.78 is 0. The maximum atomic E-state index is 12.5. The van der Waals surface area contributed by atoms with Crippen LogP contribution in [0.3, 0.4) is 0 Å². The lowest BCUT2D eigenvalue weighted by atomic mass is 10.1. The van der Waals surface area contributed by atoms with Gasteiger partial charge in [-0.25, -0.2) is 0 Å². The Morgan fingerprint density at radius 2 is 1.33 bits per heavy atom. The third kappa shape index (κ3) is 5.79. The van der Waals surface area contributed by atoms with Crippen LogP contribution in [-0.4, -0.2) is 52.1 Å². The van der Waals surface area contributed by atoms with Crippen molar-refractivity contribution in [3.63, 3.8) is 0 Å². The molecule has 2 fully saturated rings. The fourth-order valence-electron chi connectivity index (χ4n) is 4.54. The molecule has 0 spiro atoms. The number of carbonyl (C=O) groups excluding carboxylic acids is 1. The fraction of sp³-hybridized carbons (Fsp3) is 0.385. The van der Waals surface area contributed by atoms with E-state index in [9.17, 15) is 9.90 Å². The van der Waals surface area contributed by atoms with Gasteiger partial charge in [0.05, 0.1) is 5.56 Å². The average molecular weight is 508 g/mol. The highest BCUT2D eigenvalue weighted by Crippen LogP contribution is 2.26. The molecule has 2 saturated heterocycles. The van der Waals surface area contributed by atoms with Crippen molar-refractivity contribution < 1.29 is 9.90 Å². The van der Waals surface area contributed by atoms with Gasteiger partial charge in [-0.05, 0) is 81.0 Å². The highest BCUT2D eigenvalue weighted by atomic mass is 35.5. The van der Waals surface area contributed by atoms with Crippen LogP contribution in [0.25, 0.3) is 0 Å². The number of halogens is 1. The van der Waals surface area contributed by atoms with E-state index in [0.29, 0.717) is 16.7 Å². The summed E-state index contributed by atoms with van der Waals surface area (Å²) in [4.78, 5) is 31.3. The Labute approximate surface area is 215 Å². The summed E-state index contributed by atoms with van der Waals surface area (Å²) in [6, 6.07) is 11.7. The molecular weight excluding hydrogens is 478 g/mol. The molecule has 0 bridgehead atoms. The average Bonchev–Trinajstić information content (AvgIpc) is 2.90. The number of rotatable bonds is 6. The molecule has 1 aromatic heterocycles. The maximum absolute atomic E-state index is 12.5. The van der Waals surface area contributed by atoms with Crippen molar-refractivity contribution in [2.45, 2.75) is 38.5 Å². The fourth-order valence-corrected chi connectivity index (χ4v) is 4.71. The van der Waals surface area contributed by atoms with Gasteiger partial charge in [-0.1, -0.05) is 11.6 Å². The molecule has 0 saturated carbocycles. The van der Waals surface area contributed by atoms with Crippen LogP contribution in [0.4, 0.5) is 29.2 Å². The van der Waals surface area contributed by atoms with Crippen molar-refractivity contribution in [2.75, 3.05) is 46.6 Å². The summed E-state index contributed by atoms with van der Waals surface area (Å²) in [5.41, 5.74) is 1.54. The van der Waals surface area contributed by atoms with Crippen molar-refractivity contribution in [3.8, 4) is 5.75 Å². The number of aromatic hydroxyl groups is 1. The molecular formula is C26H30ClN7O2. The summed E-state index contributed by atoms with van der Waals surface area (Å²) in [6.45, 7) is 3.84. The Morgan fingerprint density at radius 1 is 0.778 bits per heavy atom. The van der Waals surface area contributed by atoms with Crippen molar-refractivity contribution in [1.29, 1.82) is 0 Å². The molecule has 0 aliphatic carbocycles. The Kier molecular flexibility index (Phi) is 7.36. The minimum absolute atomic E-state index is 0.155. The number of carbonyl (C=O) groups is 1. The molecule has 0 unspecified atom stereocenters. The highest BCUT2D eigenvalue weighted by Gasteiger charge is 2.20. The van der Waals surface area contributed by atoms with Gasteiger partial charge in [0.25, 0.3) is 5.91 Å². The molecule has 3 heterocycles. The van der Waals surface area contributed by atoms with E-state index in [-0.39, 0.29) is 11.3 Å². The van der Waals surface area contributed by atoms with Gasteiger partial charge >= 0.3 is 0 Å². The number of anilines is 5. The topological polar surface area (TPSA) is 107 Å². The molecule has 3 N–H and O–H groups in total. The van der Waals surface area contributed by atoms with Gasteiger partial charge in [0, 0.05) is 42.6 Å². The summed E-state index contributed by atoms with van der Waals surface area (Å²) in [5.74, 6) is 1.37. The van der Waals surface area contributed by atoms with Gasteiger partial charge in [-0.3, -0.25) is 4.79 Å². The molecule has 0 atom stereocenters. The van der Waals surface area contributed by atoms with Crippen LogP contribution >= 0.6 is 11.6 Å². The number of benzene rings is 2. The Hall–Kier alpha value is -3.59. The predicted octanol–water partition coefficient (Wildman–Crippen LogP) is 5.21. The Balaban J connectivity index is 1.32. The molecule has 2 aliphatic rings. The first kappa shape index (κ1) is 24.1. The zero-order valence-electron chi connectivity index (χ0n) is 20.1. The van der Waals surface area contributed by atoms with Crippen molar-refractivity contribution in [1.82, 2.24) is 15.0 Å². The van der Waals surface area contributed by atoms with Gasteiger partial charge in [0.15, 0.2) is 0 Å². The highest BCUT2D eigenvalue weighted by molar-refractivity contribution is 6.31. The van der Waals surface area contributed by atoms with Crippen LogP contribution in [0.5, 0.6) is 5.75 Å². The molecule has 10 heteroatoms. The summed E-state index contributed by atoms with van der Waals surface area (Å²) in [5, 5.41) is 16.5. The van der Waals surface area contributed by atoms with E-state index in [1.165, 1.54) is 25.0 Å². The van der Waals surface area contributed by atoms with Gasteiger partial charge in [0.2, 0.25) is 17.8 Å². The van der Waals surface area contributed by atoms with Gasteiger partial charge < -0.3 is 25.5 Å². The van der Waals surface area contributed by atoms with Gasteiger partial charge in [-0.2, -0.15) is 15.0 Å². The molecule has 1 amide bonds. The number of hydrogen-bond donors (Lipinski definition) is 3. The second-order valence-electron chi connectivity index (χ2n) is 9.17. The zero-order chi connectivity index (χ0) is 24.9. The lowest BCUT2D eigenvalue weighted by Crippen LogP contribution is -2.34. The maximum Gasteiger partial charge on any atom is 0.259 e. The normalized spacial score (nSPS) is 16.0. The first-order valence-electron chi connectivity index (χ1n) is 12.5. The number of piperidine rings is 2. The summed E-state index contributed by atoms with van der Waals surface area (Å²) in [7, 11) is 0. The van der Waals surface area contributed by atoms with E-state index in [0.717, 1.165) is 69.4 Å². The number of aromatic nitrogens is 3. The lowest BCUT2D eigenvalue weighted by molar-refractivity contribution is 0.102. The SMILES string of the molecule is O=C(Nc1ccc(Nc2nc(N3CCCCC3)nc(N3CCCCC3)n2)cc1)c1ccc(Cl)cc1O. The van der Waals surface area contributed by atoms with E-state index in [1.807, 2.05) is 12.1 Å². The molecule has 2 aromatic carbocycles. The number of nitrogens with zero attached hydrogens (tertiary/aromatic N) is 5. The molecule has 3 aromatic rings. The number of amides is 1. The molecule has 0 radical (unpaired) electrons. The molecule has 5 rings (SSSR count). The lowest BCUT2D eigenvalue weighted by Gasteiger charge is -2.30. The van der Waals surface area contributed by atoms with Crippen molar-refractivity contribution in [2.24, 2.45) is 0 Å². The number of phenolic OH excluding ortho intramolecular Hbond substituents is 1. The first-order valence-corrected chi connectivity index (χ1v) is 12.9. The molecule has 188 valence electrons. The number of hydrogen-bond acceptors (Lipinski definition) is 8. The minimum Gasteiger partial charge on any atom is -0.507 e. The van der Waals surface area contributed by atoms with Gasteiger partial charge in [-0.15, -0.1) is 0 Å². The second-order valence-corrected chi connectivity index (χ2v) is 9.61. The summed E-state index contributed by atoms with van der Waals surface area (Å²) in [6.07, 6.45) is 7.07. The van der Waals surface area contributed by atoms with Crippen LogP contribution in [0, 0.1) is 0 Å². The van der Waals surface area contributed by atoms with Crippen molar-refractivity contribution in [3.05, 3.63) is 53.1 Å². The van der Waals surface area contributed by atoms with E-state index >= 15 is 0 Å². The largest absolute Gasteiger partial charge is 0.507 e. The second kappa shape index (κ2) is 11.0. The van der Waals surface area contributed by atoms with E-state index in [4.69, 9.17) is 26.6 Å². The quantitative estimate of drug-likeness (QED) is 0.417. The van der Waals surface area contributed by atoms with Gasteiger partial charge in [0.1, 0.15) is 5.75 Å². The minimum atomic E-state index is -0.417. The Morgan fingerprint density at radius 3 is 1.89 bits per heavy atom. The number of nitrogens with one attached hydrogen (secondary N) is 2.